The third-order valence-corrected chi connectivity index (χ3v) is 3.16. The van der Waals surface area contributed by atoms with Crippen LogP contribution in [0.3, 0.4) is 0 Å². The van der Waals surface area contributed by atoms with E-state index < -0.39 is 0 Å². The molecule has 6 heteroatoms. The van der Waals surface area contributed by atoms with Gasteiger partial charge < -0.3 is 0 Å². The SMILES string of the molecule is CONC(=O)c1ccc(Cn2nnc3ccccc32)cc1. The van der Waals surface area contributed by atoms with E-state index in [0.717, 1.165) is 16.6 Å². The molecule has 0 saturated carbocycles. The second-order valence-corrected chi connectivity index (χ2v) is 4.57. The molecular formula is C15H14N4O2. The molecule has 1 amide bonds. The van der Waals surface area contributed by atoms with Gasteiger partial charge in [0.05, 0.1) is 19.2 Å². The highest BCUT2D eigenvalue weighted by Crippen LogP contribution is 2.12. The van der Waals surface area contributed by atoms with Gasteiger partial charge in [0.1, 0.15) is 5.52 Å². The number of nitrogens with zero attached hydrogens (tertiary/aromatic N) is 3. The molecule has 0 aliphatic heterocycles. The highest BCUT2D eigenvalue weighted by atomic mass is 16.6. The summed E-state index contributed by atoms with van der Waals surface area (Å²) in [4.78, 5) is 16.2. The van der Waals surface area contributed by atoms with Crippen LogP contribution < -0.4 is 5.48 Å². The lowest BCUT2D eigenvalue weighted by atomic mass is 10.1. The lowest BCUT2D eigenvalue weighted by Crippen LogP contribution is -2.21. The number of hydroxylamine groups is 1. The van der Waals surface area contributed by atoms with Crippen LogP contribution in [0, 0.1) is 0 Å². The Bertz CT molecular complexity index is 765. The van der Waals surface area contributed by atoms with Crippen LogP contribution in [0.1, 0.15) is 15.9 Å². The molecule has 2 aromatic carbocycles. The Morgan fingerprint density at radius 2 is 1.95 bits per heavy atom. The van der Waals surface area contributed by atoms with Crippen LogP contribution in [0.15, 0.2) is 48.5 Å². The first kappa shape index (κ1) is 13.3. The second-order valence-electron chi connectivity index (χ2n) is 4.57. The van der Waals surface area contributed by atoms with Crippen LogP contribution >= 0.6 is 0 Å². The van der Waals surface area contributed by atoms with Crippen molar-refractivity contribution in [2.45, 2.75) is 6.54 Å². The van der Waals surface area contributed by atoms with Crippen molar-refractivity contribution >= 4 is 16.9 Å². The lowest BCUT2D eigenvalue weighted by molar-refractivity contribution is 0.0537. The summed E-state index contributed by atoms with van der Waals surface area (Å²) in [6, 6.07) is 15.1. The molecule has 0 unspecified atom stereocenters. The van der Waals surface area contributed by atoms with Crippen molar-refractivity contribution in [3.63, 3.8) is 0 Å². The molecule has 0 bridgehead atoms. The maximum absolute atomic E-state index is 11.6. The van der Waals surface area contributed by atoms with Gasteiger partial charge in [-0.3, -0.25) is 9.63 Å². The minimum atomic E-state index is -0.268. The summed E-state index contributed by atoms with van der Waals surface area (Å²) in [6.07, 6.45) is 0. The van der Waals surface area contributed by atoms with Crippen LogP contribution in [-0.4, -0.2) is 28.0 Å². The number of benzene rings is 2. The zero-order valence-corrected chi connectivity index (χ0v) is 11.5. The number of amides is 1. The average Bonchev–Trinajstić information content (AvgIpc) is 2.92. The first-order valence-electron chi connectivity index (χ1n) is 6.48. The fraction of sp³-hybridized carbons (Fsp3) is 0.133. The largest absolute Gasteiger partial charge is 0.277 e. The molecule has 1 aromatic heterocycles. The Balaban J connectivity index is 1.80. The number of carbonyl (C=O) groups is 1. The van der Waals surface area contributed by atoms with Gasteiger partial charge in [-0.15, -0.1) is 5.10 Å². The first-order valence-corrected chi connectivity index (χ1v) is 6.48. The molecule has 3 aromatic rings. The number of rotatable bonds is 4. The maximum Gasteiger partial charge on any atom is 0.274 e. The summed E-state index contributed by atoms with van der Waals surface area (Å²) in [5, 5.41) is 8.26. The molecule has 0 aliphatic carbocycles. The molecule has 1 N–H and O–H groups in total. The Morgan fingerprint density at radius 1 is 1.19 bits per heavy atom. The average molecular weight is 282 g/mol. The van der Waals surface area contributed by atoms with E-state index in [1.54, 1.807) is 12.1 Å². The summed E-state index contributed by atoms with van der Waals surface area (Å²) in [7, 11) is 1.40. The van der Waals surface area contributed by atoms with E-state index in [2.05, 4.69) is 20.6 Å². The number of nitrogens with one attached hydrogen (secondary N) is 1. The van der Waals surface area contributed by atoms with Crippen molar-refractivity contribution in [2.75, 3.05) is 7.11 Å². The zero-order chi connectivity index (χ0) is 14.7. The lowest BCUT2D eigenvalue weighted by Gasteiger charge is -2.05. The number of fused-ring (bicyclic) bond motifs is 1. The molecule has 106 valence electrons. The van der Waals surface area contributed by atoms with Gasteiger partial charge in [-0.1, -0.05) is 29.5 Å². The number of hydrogen-bond acceptors (Lipinski definition) is 4. The fourth-order valence-corrected chi connectivity index (χ4v) is 2.12. The van der Waals surface area contributed by atoms with Crippen molar-refractivity contribution in [3.8, 4) is 0 Å². The van der Waals surface area contributed by atoms with E-state index in [0.29, 0.717) is 12.1 Å². The van der Waals surface area contributed by atoms with Gasteiger partial charge in [-0.05, 0) is 29.8 Å². The molecule has 21 heavy (non-hydrogen) atoms. The number of carbonyl (C=O) groups excluding carboxylic acids is 1. The Hall–Kier alpha value is -2.73. The number of aromatic nitrogens is 3. The van der Waals surface area contributed by atoms with Crippen LogP contribution in [0.4, 0.5) is 0 Å². The van der Waals surface area contributed by atoms with Gasteiger partial charge in [0.25, 0.3) is 5.91 Å². The molecule has 0 saturated heterocycles. The van der Waals surface area contributed by atoms with Crippen LogP contribution in [0.5, 0.6) is 0 Å². The normalized spacial score (nSPS) is 10.7. The van der Waals surface area contributed by atoms with Gasteiger partial charge in [-0.2, -0.15) is 0 Å². The third-order valence-electron chi connectivity index (χ3n) is 3.16. The van der Waals surface area contributed by atoms with E-state index in [1.807, 2.05) is 41.1 Å². The predicted octanol–water partition coefficient (Wildman–Crippen LogP) is 1.77. The highest BCUT2D eigenvalue weighted by molar-refractivity contribution is 5.93. The Morgan fingerprint density at radius 3 is 2.71 bits per heavy atom. The molecular weight excluding hydrogens is 268 g/mol. The van der Waals surface area contributed by atoms with Gasteiger partial charge in [0, 0.05) is 5.56 Å². The minimum absolute atomic E-state index is 0.268. The van der Waals surface area contributed by atoms with Crippen LogP contribution in [-0.2, 0) is 11.4 Å². The summed E-state index contributed by atoms with van der Waals surface area (Å²) >= 11 is 0. The van der Waals surface area contributed by atoms with Crippen LogP contribution in [0.2, 0.25) is 0 Å². The highest BCUT2D eigenvalue weighted by Gasteiger charge is 2.06. The minimum Gasteiger partial charge on any atom is -0.277 e. The quantitative estimate of drug-likeness (QED) is 0.740. The van der Waals surface area contributed by atoms with Crippen molar-refractivity contribution < 1.29 is 9.63 Å². The van der Waals surface area contributed by atoms with E-state index in [-0.39, 0.29) is 5.91 Å². The molecule has 0 spiro atoms. The van der Waals surface area contributed by atoms with Crippen LogP contribution in [0.25, 0.3) is 11.0 Å². The monoisotopic (exact) mass is 282 g/mol. The molecule has 3 rings (SSSR count). The zero-order valence-electron chi connectivity index (χ0n) is 11.5. The molecule has 0 atom stereocenters. The van der Waals surface area contributed by atoms with Crippen molar-refractivity contribution in [2.24, 2.45) is 0 Å². The Kier molecular flexibility index (Phi) is 3.61. The van der Waals surface area contributed by atoms with Gasteiger partial charge in [0.15, 0.2) is 0 Å². The first-order chi connectivity index (χ1) is 10.3. The van der Waals surface area contributed by atoms with Gasteiger partial charge in [-0.25, -0.2) is 10.2 Å². The molecule has 0 aliphatic rings. The van der Waals surface area contributed by atoms with Crippen molar-refractivity contribution in [1.82, 2.24) is 20.5 Å². The predicted molar refractivity (Wildman–Crippen MR) is 77.5 cm³/mol. The molecule has 6 nitrogen and oxygen atoms in total. The third kappa shape index (κ3) is 2.75. The molecule has 0 radical (unpaired) electrons. The molecule has 1 heterocycles. The van der Waals surface area contributed by atoms with E-state index >= 15 is 0 Å². The van der Waals surface area contributed by atoms with E-state index in [9.17, 15) is 4.79 Å². The Labute approximate surface area is 121 Å². The maximum atomic E-state index is 11.6. The van der Waals surface area contributed by atoms with Crippen molar-refractivity contribution in [3.05, 3.63) is 59.7 Å². The van der Waals surface area contributed by atoms with Gasteiger partial charge in [0.2, 0.25) is 0 Å². The number of hydrogen-bond donors (Lipinski definition) is 1. The summed E-state index contributed by atoms with van der Waals surface area (Å²) < 4.78 is 1.83. The smallest absolute Gasteiger partial charge is 0.274 e. The van der Waals surface area contributed by atoms with E-state index in [4.69, 9.17) is 0 Å². The topological polar surface area (TPSA) is 69.0 Å². The van der Waals surface area contributed by atoms with E-state index in [1.165, 1.54) is 7.11 Å². The standard InChI is InChI=1S/C15H14N4O2/c1-21-17-15(20)12-8-6-11(7-9-12)10-19-14-5-3-2-4-13(14)16-18-19/h2-9H,10H2,1H3,(H,17,20). The summed E-state index contributed by atoms with van der Waals surface area (Å²) in [5.41, 5.74) is 5.73. The number of para-hydroxylation sites is 1. The molecule has 0 fully saturated rings. The fourth-order valence-electron chi connectivity index (χ4n) is 2.12. The second kappa shape index (κ2) is 5.72. The van der Waals surface area contributed by atoms with Gasteiger partial charge >= 0.3 is 0 Å². The van der Waals surface area contributed by atoms with Crippen molar-refractivity contribution in [1.29, 1.82) is 0 Å². The summed E-state index contributed by atoms with van der Waals surface area (Å²) in [5.74, 6) is -0.268. The summed E-state index contributed by atoms with van der Waals surface area (Å²) in [6.45, 7) is 0.604.